The fourth-order valence-corrected chi connectivity index (χ4v) is 3.21. The molecular weight excluding hydrogens is 224 g/mol. The highest BCUT2D eigenvalue weighted by Crippen LogP contribution is 2.28. The quantitative estimate of drug-likeness (QED) is 0.828. The van der Waals surface area contributed by atoms with Gasteiger partial charge in [-0.2, -0.15) is 0 Å². The van der Waals surface area contributed by atoms with Crippen molar-refractivity contribution in [2.75, 3.05) is 31.1 Å². The molecule has 1 aromatic rings. The Morgan fingerprint density at radius 2 is 2.00 bits per heavy atom. The van der Waals surface area contributed by atoms with Crippen LogP contribution in [0.5, 0.6) is 0 Å². The standard InChI is InChI=1S/C15H22N2O/c18-14-9-13-3-1-2-4-15(13)17(11-14)10-12-5-7-16-8-6-12/h1-4,12,14,16,18H,5-11H2. The third kappa shape index (κ3) is 2.52. The second-order valence-electron chi connectivity index (χ2n) is 5.59. The lowest BCUT2D eigenvalue weighted by Crippen LogP contribution is -2.43. The van der Waals surface area contributed by atoms with Gasteiger partial charge in [0.15, 0.2) is 0 Å². The Kier molecular flexibility index (Phi) is 3.52. The largest absolute Gasteiger partial charge is 0.391 e. The van der Waals surface area contributed by atoms with Crippen molar-refractivity contribution < 1.29 is 5.11 Å². The fourth-order valence-electron chi connectivity index (χ4n) is 3.21. The molecule has 2 heterocycles. The predicted octanol–water partition coefficient (Wildman–Crippen LogP) is 1.41. The third-order valence-corrected chi connectivity index (χ3v) is 4.16. The molecule has 3 nitrogen and oxygen atoms in total. The van der Waals surface area contributed by atoms with Gasteiger partial charge < -0.3 is 15.3 Å². The van der Waals surface area contributed by atoms with Crippen molar-refractivity contribution in [2.45, 2.75) is 25.4 Å². The molecule has 2 N–H and O–H groups in total. The van der Waals surface area contributed by atoms with Crippen LogP contribution < -0.4 is 10.2 Å². The normalized spacial score (nSPS) is 24.9. The van der Waals surface area contributed by atoms with E-state index in [0.29, 0.717) is 0 Å². The van der Waals surface area contributed by atoms with Gasteiger partial charge in [-0.3, -0.25) is 0 Å². The number of nitrogens with zero attached hydrogens (tertiary/aromatic N) is 1. The lowest BCUT2D eigenvalue weighted by molar-refractivity contribution is 0.172. The number of benzene rings is 1. The van der Waals surface area contributed by atoms with E-state index >= 15 is 0 Å². The highest BCUT2D eigenvalue weighted by Gasteiger charge is 2.25. The first-order valence-electron chi connectivity index (χ1n) is 7.04. The average molecular weight is 246 g/mol. The van der Waals surface area contributed by atoms with Gasteiger partial charge in [0.1, 0.15) is 0 Å². The van der Waals surface area contributed by atoms with Crippen LogP contribution in [0.15, 0.2) is 24.3 Å². The van der Waals surface area contributed by atoms with Crippen LogP contribution in [-0.2, 0) is 6.42 Å². The maximum absolute atomic E-state index is 10.0. The molecule has 1 saturated heterocycles. The Bertz CT molecular complexity index is 401. The van der Waals surface area contributed by atoms with E-state index in [2.05, 4.69) is 34.5 Å². The molecule has 1 unspecified atom stereocenters. The molecular formula is C15H22N2O. The molecule has 0 aromatic heterocycles. The fraction of sp³-hybridized carbons (Fsp3) is 0.600. The number of aliphatic hydroxyl groups excluding tert-OH is 1. The van der Waals surface area contributed by atoms with E-state index in [1.54, 1.807) is 0 Å². The summed E-state index contributed by atoms with van der Waals surface area (Å²) in [6.07, 6.45) is 3.12. The Balaban J connectivity index is 1.75. The number of hydrogen-bond acceptors (Lipinski definition) is 3. The van der Waals surface area contributed by atoms with E-state index in [9.17, 15) is 5.11 Å². The smallest absolute Gasteiger partial charge is 0.0756 e. The summed E-state index contributed by atoms with van der Waals surface area (Å²) in [4.78, 5) is 2.39. The zero-order valence-corrected chi connectivity index (χ0v) is 10.8. The molecule has 2 aliphatic rings. The van der Waals surface area contributed by atoms with Crippen LogP contribution in [0.2, 0.25) is 0 Å². The summed E-state index contributed by atoms with van der Waals surface area (Å²) in [5.41, 5.74) is 2.63. The molecule has 3 heteroatoms. The number of anilines is 1. The second kappa shape index (κ2) is 5.29. The van der Waals surface area contributed by atoms with Crippen LogP contribution in [-0.4, -0.2) is 37.4 Å². The number of hydrogen-bond donors (Lipinski definition) is 2. The maximum atomic E-state index is 10.0. The van der Waals surface area contributed by atoms with Crippen LogP contribution >= 0.6 is 0 Å². The summed E-state index contributed by atoms with van der Waals surface area (Å²) in [5.74, 6) is 0.768. The molecule has 2 aliphatic heterocycles. The Hall–Kier alpha value is -1.06. The summed E-state index contributed by atoms with van der Waals surface area (Å²) in [6, 6.07) is 8.51. The molecule has 98 valence electrons. The first kappa shape index (κ1) is 12.0. The highest BCUT2D eigenvalue weighted by atomic mass is 16.3. The molecule has 0 aliphatic carbocycles. The average Bonchev–Trinajstić information content (AvgIpc) is 2.40. The molecule has 0 spiro atoms. The van der Waals surface area contributed by atoms with Crippen molar-refractivity contribution in [1.82, 2.24) is 5.32 Å². The zero-order chi connectivity index (χ0) is 12.4. The van der Waals surface area contributed by atoms with Gasteiger partial charge in [-0.1, -0.05) is 18.2 Å². The highest BCUT2D eigenvalue weighted by molar-refractivity contribution is 5.56. The number of piperidine rings is 1. The zero-order valence-electron chi connectivity index (χ0n) is 10.8. The number of β-amino-alcohol motifs (C(OH)–C–C–N with tert-alkyl or cyclic N) is 1. The van der Waals surface area contributed by atoms with Crippen molar-refractivity contribution in [1.29, 1.82) is 0 Å². The van der Waals surface area contributed by atoms with Gasteiger partial charge in [0.25, 0.3) is 0 Å². The van der Waals surface area contributed by atoms with Gasteiger partial charge in [-0.15, -0.1) is 0 Å². The molecule has 18 heavy (non-hydrogen) atoms. The van der Waals surface area contributed by atoms with Gasteiger partial charge in [-0.25, -0.2) is 0 Å². The monoisotopic (exact) mass is 246 g/mol. The Labute approximate surface area is 109 Å². The summed E-state index contributed by atoms with van der Waals surface area (Å²) in [6.45, 7) is 4.17. The van der Waals surface area contributed by atoms with Crippen molar-refractivity contribution >= 4 is 5.69 Å². The molecule has 3 rings (SSSR count). The van der Waals surface area contributed by atoms with Crippen LogP contribution in [0.4, 0.5) is 5.69 Å². The van der Waals surface area contributed by atoms with Crippen LogP contribution in [0.1, 0.15) is 18.4 Å². The van der Waals surface area contributed by atoms with E-state index < -0.39 is 0 Å². The van der Waals surface area contributed by atoms with Crippen molar-refractivity contribution in [2.24, 2.45) is 5.92 Å². The summed E-state index contributed by atoms with van der Waals surface area (Å²) in [5, 5.41) is 13.4. The van der Waals surface area contributed by atoms with Gasteiger partial charge in [-0.05, 0) is 43.5 Å². The first-order chi connectivity index (χ1) is 8.83. The van der Waals surface area contributed by atoms with Crippen LogP contribution in [0, 0.1) is 5.92 Å². The molecule has 0 amide bonds. The molecule has 0 saturated carbocycles. The second-order valence-corrected chi connectivity index (χ2v) is 5.59. The van der Waals surface area contributed by atoms with Gasteiger partial charge >= 0.3 is 0 Å². The van der Waals surface area contributed by atoms with Crippen LogP contribution in [0.25, 0.3) is 0 Å². The minimum absolute atomic E-state index is 0.207. The number of para-hydroxylation sites is 1. The van der Waals surface area contributed by atoms with Crippen molar-refractivity contribution in [3.8, 4) is 0 Å². The van der Waals surface area contributed by atoms with Crippen LogP contribution in [0.3, 0.4) is 0 Å². The SMILES string of the molecule is OC1Cc2ccccc2N(CC2CCNCC2)C1. The molecule has 1 aromatic carbocycles. The summed E-state index contributed by atoms with van der Waals surface area (Å²) in [7, 11) is 0. The number of aliphatic hydroxyl groups is 1. The molecule has 1 atom stereocenters. The lowest BCUT2D eigenvalue weighted by Gasteiger charge is -2.37. The first-order valence-corrected chi connectivity index (χ1v) is 7.04. The van der Waals surface area contributed by atoms with E-state index in [4.69, 9.17) is 0 Å². The van der Waals surface area contributed by atoms with Gasteiger partial charge in [0.05, 0.1) is 6.10 Å². The van der Waals surface area contributed by atoms with E-state index in [-0.39, 0.29) is 6.10 Å². The van der Waals surface area contributed by atoms with Gasteiger partial charge in [0, 0.05) is 25.2 Å². The van der Waals surface area contributed by atoms with Gasteiger partial charge in [0.2, 0.25) is 0 Å². The van der Waals surface area contributed by atoms with Crippen molar-refractivity contribution in [3.05, 3.63) is 29.8 Å². The van der Waals surface area contributed by atoms with Crippen molar-refractivity contribution in [3.63, 3.8) is 0 Å². The third-order valence-electron chi connectivity index (χ3n) is 4.16. The minimum atomic E-state index is -0.207. The summed E-state index contributed by atoms with van der Waals surface area (Å²) < 4.78 is 0. The molecule has 0 radical (unpaired) electrons. The summed E-state index contributed by atoms with van der Waals surface area (Å²) >= 11 is 0. The lowest BCUT2D eigenvalue weighted by atomic mass is 9.94. The molecule has 0 bridgehead atoms. The maximum Gasteiger partial charge on any atom is 0.0756 e. The number of fused-ring (bicyclic) bond motifs is 1. The van der Waals surface area contributed by atoms with E-state index in [1.165, 1.54) is 24.1 Å². The number of nitrogens with one attached hydrogen (secondary N) is 1. The van der Waals surface area contributed by atoms with E-state index in [1.807, 2.05) is 0 Å². The Morgan fingerprint density at radius 1 is 1.22 bits per heavy atom. The molecule has 1 fully saturated rings. The predicted molar refractivity (Wildman–Crippen MR) is 74.0 cm³/mol. The topological polar surface area (TPSA) is 35.5 Å². The number of rotatable bonds is 2. The Morgan fingerprint density at radius 3 is 2.83 bits per heavy atom. The van der Waals surface area contributed by atoms with E-state index in [0.717, 1.165) is 38.5 Å². The minimum Gasteiger partial charge on any atom is -0.391 e.